The summed E-state index contributed by atoms with van der Waals surface area (Å²) in [6.07, 6.45) is 1.51. The highest BCUT2D eigenvalue weighted by Crippen LogP contribution is 2.22. The van der Waals surface area contributed by atoms with Crippen LogP contribution in [0.1, 0.15) is 26.3 Å². The van der Waals surface area contributed by atoms with Crippen molar-refractivity contribution in [3.63, 3.8) is 0 Å². The van der Waals surface area contributed by atoms with E-state index in [1.165, 1.54) is 37.5 Å². The first-order valence-corrected chi connectivity index (χ1v) is 10.6. The molecule has 2 amide bonds. The minimum atomic E-state index is -3.84. The van der Waals surface area contributed by atoms with Crippen LogP contribution in [-0.4, -0.2) is 27.3 Å². The van der Waals surface area contributed by atoms with E-state index in [4.69, 9.17) is 9.88 Å². The zero-order valence-electron chi connectivity index (χ0n) is 17.2. The van der Waals surface area contributed by atoms with Crippen LogP contribution in [0.5, 0.6) is 5.75 Å². The first-order chi connectivity index (χ1) is 13.9. The molecule has 0 bridgehead atoms. The molecule has 30 heavy (non-hydrogen) atoms. The number of anilines is 1. The molecule has 0 aromatic heterocycles. The summed E-state index contributed by atoms with van der Waals surface area (Å²) in [6, 6.07) is 12.4. The van der Waals surface area contributed by atoms with Gasteiger partial charge in [-0.1, -0.05) is 39.0 Å². The second-order valence-corrected chi connectivity index (χ2v) is 9.09. The van der Waals surface area contributed by atoms with Gasteiger partial charge >= 0.3 is 0 Å². The number of hydrogen-bond acceptors (Lipinski definition) is 5. The van der Waals surface area contributed by atoms with Crippen LogP contribution in [0.25, 0.3) is 6.08 Å². The Balaban J connectivity index is 2.37. The summed E-state index contributed by atoms with van der Waals surface area (Å²) in [6.45, 7) is 5.19. The van der Waals surface area contributed by atoms with Gasteiger partial charge in [-0.3, -0.25) is 9.59 Å². The number of sulfonamides is 1. The van der Waals surface area contributed by atoms with Gasteiger partial charge in [-0.25, -0.2) is 13.6 Å². The van der Waals surface area contributed by atoms with E-state index in [-0.39, 0.29) is 16.5 Å². The van der Waals surface area contributed by atoms with Crippen molar-refractivity contribution in [3.8, 4) is 5.75 Å². The number of primary sulfonamides is 1. The molecule has 0 atom stereocenters. The lowest BCUT2D eigenvalue weighted by Gasteiger charge is -2.19. The molecule has 0 saturated carbocycles. The van der Waals surface area contributed by atoms with Crippen LogP contribution < -0.4 is 20.5 Å². The zero-order chi connectivity index (χ0) is 22.5. The number of benzene rings is 2. The first kappa shape index (κ1) is 23.1. The van der Waals surface area contributed by atoms with E-state index in [1.54, 1.807) is 45.0 Å². The Labute approximate surface area is 176 Å². The highest BCUT2D eigenvalue weighted by atomic mass is 32.2. The third-order valence-electron chi connectivity index (χ3n) is 4.05. The number of nitrogens with two attached hydrogens (primary N) is 1. The van der Waals surface area contributed by atoms with Crippen molar-refractivity contribution in [1.82, 2.24) is 5.32 Å². The minimum Gasteiger partial charge on any atom is -0.496 e. The first-order valence-electron chi connectivity index (χ1n) is 9.02. The summed E-state index contributed by atoms with van der Waals surface area (Å²) in [5.41, 5.74) is 0.222. The number of amides is 2. The molecule has 8 nitrogen and oxygen atoms in total. The maximum absolute atomic E-state index is 12.9. The Kier molecular flexibility index (Phi) is 7.01. The second kappa shape index (κ2) is 9.10. The predicted molar refractivity (Wildman–Crippen MR) is 115 cm³/mol. The van der Waals surface area contributed by atoms with Gasteiger partial charge in [-0.05, 0) is 36.4 Å². The van der Waals surface area contributed by atoms with Gasteiger partial charge in [0.2, 0.25) is 15.9 Å². The van der Waals surface area contributed by atoms with E-state index >= 15 is 0 Å². The van der Waals surface area contributed by atoms with Gasteiger partial charge in [0, 0.05) is 16.7 Å². The third kappa shape index (κ3) is 6.16. The Morgan fingerprint density at radius 3 is 2.17 bits per heavy atom. The summed E-state index contributed by atoms with van der Waals surface area (Å²) in [7, 11) is -2.33. The van der Waals surface area contributed by atoms with Gasteiger partial charge in [0.1, 0.15) is 11.4 Å². The van der Waals surface area contributed by atoms with Gasteiger partial charge in [-0.15, -0.1) is 0 Å². The van der Waals surface area contributed by atoms with Gasteiger partial charge in [-0.2, -0.15) is 0 Å². The predicted octanol–water partition coefficient (Wildman–Crippen LogP) is 2.48. The molecule has 0 spiro atoms. The quantitative estimate of drug-likeness (QED) is 0.606. The normalized spacial score (nSPS) is 12.2. The number of carbonyl (C=O) groups excluding carboxylic acids is 2. The molecule has 0 unspecified atom stereocenters. The summed E-state index contributed by atoms with van der Waals surface area (Å²) < 4.78 is 28.1. The van der Waals surface area contributed by atoms with Crippen LogP contribution in [0.15, 0.2) is 59.1 Å². The molecule has 0 saturated heterocycles. The van der Waals surface area contributed by atoms with Gasteiger partial charge in [0.05, 0.1) is 12.0 Å². The van der Waals surface area contributed by atoms with Crippen LogP contribution >= 0.6 is 0 Å². The number of carbonyl (C=O) groups is 2. The van der Waals surface area contributed by atoms with Crippen molar-refractivity contribution in [2.75, 3.05) is 12.4 Å². The van der Waals surface area contributed by atoms with Gasteiger partial charge in [0.25, 0.3) is 5.91 Å². The topological polar surface area (TPSA) is 128 Å². The Morgan fingerprint density at radius 1 is 1.03 bits per heavy atom. The lowest BCUT2D eigenvalue weighted by molar-refractivity contribution is -0.128. The van der Waals surface area contributed by atoms with E-state index < -0.39 is 21.3 Å². The highest BCUT2D eigenvalue weighted by molar-refractivity contribution is 7.89. The molecule has 9 heteroatoms. The van der Waals surface area contributed by atoms with Crippen LogP contribution in [0.2, 0.25) is 0 Å². The van der Waals surface area contributed by atoms with Crippen molar-refractivity contribution in [1.29, 1.82) is 0 Å². The summed E-state index contributed by atoms with van der Waals surface area (Å²) >= 11 is 0. The Bertz CT molecular complexity index is 1070. The fraction of sp³-hybridized carbons (Fsp3) is 0.238. The lowest BCUT2D eigenvalue weighted by Crippen LogP contribution is -2.38. The van der Waals surface area contributed by atoms with E-state index in [9.17, 15) is 18.0 Å². The summed E-state index contributed by atoms with van der Waals surface area (Å²) in [5, 5.41) is 10.4. The highest BCUT2D eigenvalue weighted by Gasteiger charge is 2.24. The molecular weight excluding hydrogens is 406 g/mol. The van der Waals surface area contributed by atoms with E-state index in [0.717, 1.165) is 0 Å². The molecule has 2 aromatic carbocycles. The van der Waals surface area contributed by atoms with Crippen LogP contribution in [0.3, 0.4) is 0 Å². The van der Waals surface area contributed by atoms with Crippen molar-refractivity contribution in [2.24, 2.45) is 10.6 Å². The Morgan fingerprint density at radius 2 is 1.63 bits per heavy atom. The molecule has 2 aromatic rings. The number of hydrogen-bond donors (Lipinski definition) is 3. The number of nitrogens with one attached hydrogen (secondary N) is 2. The van der Waals surface area contributed by atoms with Crippen LogP contribution in [-0.2, 0) is 19.6 Å². The zero-order valence-corrected chi connectivity index (χ0v) is 18.0. The maximum atomic E-state index is 12.9. The van der Waals surface area contributed by atoms with Crippen LogP contribution in [0.4, 0.5) is 5.69 Å². The molecule has 0 aliphatic heterocycles. The second-order valence-electron chi connectivity index (χ2n) is 7.53. The number of methoxy groups -OCH3 is 1. The molecule has 160 valence electrons. The van der Waals surface area contributed by atoms with Crippen molar-refractivity contribution >= 4 is 33.6 Å². The molecule has 0 radical (unpaired) electrons. The summed E-state index contributed by atoms with van der Waals surface area (Å²) in [4.78, 5) is 25.3. The molecule has 0 heterocycles. The van der Waals surface area contributed by atoms with Crippen LogP contribution in [0, 0.1) is 5.41 Å². The van der Waals surface area contributed by atoms with E-state index in [0.29, 0.717) is 17.0 Å². The Hall–Kier alpha value is -3.17. The van der Waals surface area contributed by atoms with Crippen molar-refractivity contribution < 1.29 is 22.7 Å². The maximum Gasteiger partial charge on any atom is 0.272 e. The number of rotatable bonds is 6. The van der Waals surface area contributed by atoms with E-state index in [1.807, 2.05) is 0 Å². The van der Waals surface area contributed by atoms with Gasteiger partial charge in [0.15, 0.2) is 0 Å². The number of ether oxygens (including phenoxy) is 1. The van der Waals surface area contributed by atoms with Gasteiger partial charge < -0.3 is 15.4 Å². The summed E-state index contributed by atoms with van der Waals surface area (Å²) in [5.74, 6) is -0.393. The minimum absolute atomic E-state index is 0.00921. The molecular formula is C21H25N3O5S. The average Bonchev–Trinajstić information content (AvgIpc) is 2.66. The number of para-hydroxylation sites is 1. The fourth-order valence-corrected chi connectivity index (χ4v) is 2.85. The smallest absolute Gasteiger partial charge is 0.272 e. The SMILES string of the molecule is COc1ccccc1/C=C(/NC(=O)C(C)(C)C)C(=O)Nc1ccc(S(N)(=O)=O)cc1. The molecule has 0 fully saturated rings. The molecule has 0 aliphatic carbocycles. The average molecular weight is 432 g/mol. The largest absolute Gasteiger partial charge is 0.496 e. The lowest BCUT2D eigenvalue weighted by atomic mass is 9.95. The van der Waals surface area contributed by atoms with Crippen molar-refractivity contribution in [3.05, 3.63) is 59.8 Å². The molecule has 4 N–H and O–H groups in total. The fourth-order valence-electron chi connectivity index (χ4n) is 2.34. The van der Waals surface area contributed by atoms with Crippen molar-refractivity contribution in [2.45, 2.75) is 25.7 Å². The third-order valence-corrected chi connectivity index (χ3v) is 4.98. The molecule has 2 rings (SSSR count). The monoisotopic (exact) mass is 431 g/mol. The molecule has 0 aliphatic rings. The standard InChI is InChI=1S/C21H25N3O5S/c1-21(2,3)20(26)24-17(13-14-7-5-6-8-18(14)29-4)19(25)23-15-9-11-16(12-10-15)30(22,27)28/h5-13H,1-4H3,(H,23,25)(H,24,26)(H2,22,27,28)/b17-13+. The van der Waals surface area contributed by atoms with E-state index in [2.05, 4.69) is 10.6 Å².